The van der Waals surface area contributed by atoms with Crippen LogP contribution in [0.3, 0.4) is 0 Å². The molecule has 3 aromatic rings. The number of aromatic nitrogens is 1. The van der Waals surface area contributed by atoms with E-state index in [0.717, 1.165) is 12.1 Å². The third kappa shape index (κ3) is 3.23. The van der Waals surface area contributed by atoms with E-state index in [9.17, 15) is 26.4 Å². The molecule has 4 N–H and O–H groups in total. The van der Waals surface area contributed by atoms with Gasteiger partial charge in [-0.25, -0.2) is 8.42 Å². The minimum absolute atomic E-state index is 0.00743. The summed E-state index contributed by atoms with van der Waals surface area (Å²) < 4.78 is 66.5. The number of hydrogen-bond acceptors (Lipinski definition) is 3. The van der Waals surface area contributed by atoms with Crippen molar-refractivity contribution in [2.75, 3.05) is 4.72 Å². The number of rotatable bonds is 4. The lowest BCUT2D eigenvalue weighted by atomic mass is 10.2. The van der Waals surface area contributed by atoms with Gasteiger partial charge in [-0.3, -0.25) is 9.52 Å². The first-order chi connectivity index (χ1) is 12.1. The molecule has 0 atom stereocenters. The Labute approximate surface area is 145 Å². The van der Waals surface area contributed by atoms with E-state index in [4.69, 9.17) is 5.73 Å². The molecule has 3 rings (SSSR count). The maximum absolute atomic E-state index is 13.1. The van der Waals surface area contributed by atoms with Crippen molar-refractivity contribution in [3.8, 4) is 0 Å². The van der Waals surface area contributed by atoms with E-state index in [0.29, 0.717) is 11.5 Å². The summed E-state index contributed by atoms with van der Waals surface area (Å²) in [6, 6.07) is 9.73. The normalized spacial score (nSPS) is 12.3. The Bertz CT molecular complexity index is 1100. The van der Waals surface area contributed by atoms with Crippen molar-refractivity contribution in [1.82, 2.24) is 4.98 Å². The lowest BCUT2D eigenvalue weighted by molar-refractivity contribution is -0.139. The van der Waals surface area contributed by atoms with Gasteiger partial charge < -0.3 is 10.7 Å². The van der Waals surface area contributed by atoms with Gasteiger partial charge in [-0.2, -0.15) is 13.2 Å². The number of amides is 1. The van der Waals surface area contributed by atoms with E-state index in [1.54, 1.807) is 6.07 Å². The van der Waals surface area contributed by atoms with Crippen LogP contribution in [0.1, 0.15) is 16.1 Å². The fourth-order valence-corrected chi connectivity index (χ4v) is 3.81. The van der Waals surface area contributed by atoms with Crippen molar-refractivity contribution in [1.29, 1.82) is 0 Å². The van der Waals surface area contributed by atoms with Crippen molar-refractivity contribution in [2.45, 2.75) is 11.1 Å². The number of sulfonamides is 1. The van der Waals surface area contributed by atoms with Crippen LogP contribution in [0.5, 0.6) is 0 Å². The molecule has 0 unspecified atom stereocenters. The molecule has 136 valence electrons. The van der Waals surface area contributed by atoms with E-state index in [2.05, 4.69) is 9.71 Å². The molecule has 6 nitrogen and oxygen atoms in total. The number of benzene rings is 2. The van der Waals surface area contributed by atoms with Gasteiger partial charge in [0.25, 0.3) is 15.9 Å². The molecule has 0 aliphatic carbocycles. The fourth-order valence-electron chi connectivity index (χ4n) is 2.51. The van der Waals surface area contributed by atoms with Crippen molar-refractivity contribution < 1.29 is 26.4 Å². The number of fused-ring (bicyclic) bond motifs is 1. The largest absolute Gasteiger partial charge is 0.417 e. The highest BCUT2D eigenvalue weighted by Crippen LogP contribution is 2.35. The number of hydrogen-bond donors (Lipinski definition) is 3. The second-order valence-corrected chi connectivity index (χ2v) is 7.07. The zero-order valence-electron chi connectivity index (χ0n) is 13.0. The standard InChI is InChI=1S/C16H12F3N3O3S/c17-16(18,19)10-5-1-2-7-13(10)26(24,25)22-11-6-3-4-9-8-12(15(20)23)21-14(9)11/h1-8,21-22H,(H2,20,23). The third-order valence-corrected chi connectivity index (χ3v) is 5.07. The summed E-state index contributed by atoms with van der Waals surface area (Å²) in [6.45, 7) is 0. The van der Waals surface area contributed by atoms with Gasteiger partial charge in [0.1, 0.15) is 5.69 Å². The molecule has 0 aliphatic rings. The van der Waals surface area contributed by atoms with Crippen LogP contribution < -0.4 is 10.5 Å². The maximum atomic E-state index is 13.1. The molecule has 0 aliphatic heterocycles. The molecule has 1 amide bonds. The average Bonchev–Trinajstić information content (AvgIpc) is 2.99. The number of halogens is 3. The highest BCUT2D eigenvalue weighted by molar-refractivity contribution is 7.92. The first kappa shape index (κ1) is 17.8. The van der Waals surface area contributed by atoms with Crippen LogP contribution in [0.2, 0.25) is 0 Å². The maximum Gasteiger partial charge on any atom is 0.417 e. The van der Waals surface area contributed by atoms with Crippen LogP contribution in [0.15, 0.2) is 53.4 Å². The minimum Gasteiger partial charge on any atom is -0.364 e. The Morgan fingerprint density at radius 2 is 1.77 bits per heavy atom. The molecular formula is C16H12F3N3O3S. The number of primary amides is 1. The molecule has 26 heavy (non-hydrogen) atoms. The number of nitrogens with two attached hydrogens (primary N) is 1. The monoisotopic (exact) mass is 383 g/mol. The summed E-state index contributed by atoms with van der Waals surface area (Å²) in [5, 5.41) is 0.475. The predicted molar refractivity (Wildman–Crippen MR) is 89.1 cm³/mol. The van der Waals surface area contributed by atoms with E-state index >= 15 is 0 Å². The summed E-state index contributed by atoms with van der Waals surface area (Å²) in [4.78, 5) is 13.0. The SMILES string of the molecule is NC(=O)c1cc2cccc(NS(=O)(=O)c3ccccc3C(F)(F)F)c2[nH]1. The Balaban J connectivity index is 2.10. The molecule has 2 aromatic carbocycles. The Hall–Kier alpha value is -3.01. The number of aromatic amines is 1. The van der Waals surface area contributed by atoms with Crippen LogP contribution in [0.25, 0.3) is 10.9 Å². The lowest BCUT2D eigenvalue weighted by Gasteiger charge is -2.14. The van der Waals surface area contributed by atoms with Crippen LogP contribution >= 0.6 is 0 Å². The molecule has 0 radical (unpaired) electrons. The van der Waals surface area contributed by atoms with Crippen molar-refractivity contribution >= 4 is 32.5 Å². The molecule has 0 saturated carbocycles. The Morgan fingerprint density at radius 1 is 1.08 bits per heavy atom. The summed E-state index contributed by atoms with van der Waals surface area (Å²) in [7, 11) is -4.54. The van der Waals surface area contributed by atoms with Gasteiger partial charge in [0.2, 0.25) is 0 Å². The van der Waals surface area contributed by atoms with Gasteiger partial charge in [0.15, 0.2) is 0 Å². The second kappa shape index (κ2) is 6.06. The van der Waals surface area contributed by atoms with Crippen LogP contribution in [-0.4, -0.2) is 19.3 Å². The van der Waals surface area contributed by atoms with Gasteiger partial charge in [-0.15, -0.1) is 0 Å². The van der Waals surface area contributed by atoms with Crippen molar-refractivity contribution in [3.63, 3.8) is 0 Å². The zero-order valence-corrected chi connectivity index (χ0v) is 13.8. The number of para-hydroxylation sites is 1. The molecular weight excluding hydrogens is 371 g/mol. The van der Waals surface area contributed by atoms with E-state index in [1.165, 1.54) is 24.3 Å². The summed E-state index contributed by atoms with van der Waals surface area (Å²) >= 11 is 0. The quantitative estimate of drug-likeness (QED) is 0.645. The summed E-state index contributed by atoms with van der Waals surface area (Å²) in [5.74, 6) is -0.752. The number of H-pyrrole nitrogens is 1. The first-order valence-corrected chi connectivity index (χ1v) is 8.68. The van der Waals surface area contributed by atoms with Gasteiger partial charge in [0, 0.05) is 5.39 Å². The topological polar surface area (TPSA) is 105 Å². The molecule has 0 spiro atoms. The number of nitrogens with one attached hydrogen (secondary N) is 2. The van der Waals surface area contributed by atoms with E-state index in [1.807, 2.05) is 0 Å². The highest BCUT2D eigenvalue weighted by Gasteiger charge is 2.37. The van der Waals surface area contributed by atoms with Crippen LogP contribution in [-0.2, 0) is 16.2 Å². The van der Waals surface area contributed by atoms with Gasteiger partial charge in [-0.1, -0.05) is 24.3 Å². The summed E-state index contributed by atoms with van der Waals surface area (Å²) in [5.41, 5.74) is 4.17. The molecule has 0 saturated heterocycles. The molecule has 1 heterocycles. The lowest BCUT2D eigenvalue weighted by Crippen LogP contribution is -2.19. The summed E-state index contributed by atoms with van der Waals surface area (Å²) in [6.07, 6.45) is -4.83. The number of alkyl halides is 3. The smallest absolute Gasteiger partial charge is 0.364 e. The molecule has 0 bridgehead atoms. The number of carbonyl (C=O) groups is 1. The third-order valence-electron chi connectivity index (χ3n) is 3.65. The molecule has 10 heteroatoms. The first-order valence-electron chi connectivity index (χ1n) is 7.20. The van der Waals surface area contributed by atoms with E-state index < -0.39 is 32.6 Å². The van der Waals surface area contributed by atoms with Crippen molar-refractivity contribution in [2.24, 2.45) is 5.73 Å². The van der Waals surface area contributed by atoms with Gasteiger partial charge in [0.05, 0.1) is 21.7 Å². The molecule has 1 aromatic heterocycles. The Morgan fingerprint density at radius 3 is 2.42 bits per heavy atom. The Kier molecular flexibility index (Phi) is 4.15. The number of anilines is 1. The minimum atomic E-state index is -4.83. The fraction of sp³-hybridized carbons (Fsp3) is 0.0625. The van der Waals surface area contributed by atoms with Crippen LogP contribution in [0, 0.1) is 0 Å². The van der Waals surface area contributed by atoms with Gasteiger partial charge >= 0.3 is 6.18 Å². The van der Waals surface area contributed by atoms with Crippen LogP contribution in [0.4, 0.5) is 18.9 Å². The predicted octanol–water partition coefficient (Wildman–Crippen LogP) is 3.09. The van der Waals surface area contributed by atoms with Crippen molar-refractivity contribution in [3.05, 3.63) is 59.8 Å². The number of carbonyl (C=O) groups excluding carboxylic acids is 1. The zero-order chi connectivity index (χ0) is 19.1. The average molecular weight is 383 g/mol. The van der Waals surface area contributed by atoms with Gasteiger partial charge in [-0.05, 0) is 24.3 Å². The van der Waals surface area contributed by atoms with E-state index in [-0.39, 0.29) is 16.9 Å². The second-order valence-electron chi connectivity index (χ2n) is 5.42. The molecule has 0 fully saturated rings. The highest BCUT2D eigenvalue weighted by atomic mass is 32.2.